The second-order valence-corrected chi connectivity index (χ2v) is 6.21. The lowest BCUT2D eigenvalue weighted by Crippen LogP contribution is -2.10. The summed E-state index contributed by atoms with van der Waals surface area (Å²) in [6.07, 6.45) is 3.77. The molecule has 0 atom stereocenters. The maximum atomic E-state index is 12.2. The molecule has 3 rings (SSSR count). The summed E-state index contributed by atoms with van der Waals surface area (Å²) in [6.45, 7) is 1.94. The van der Waals surface area contributed by atoms with E-state index in [2.05, 4.69) is 9.97 Å². The summed E-state index contributed by atoms with van der Waals surface area (Å²) in [5, 5.41) is 1.30. The smallest absolute Gasteiger partial charge is 0.259 e. The average molecular weight is 357 g/mol. The minimum atomic E-state index is -0.270. The second-order valence-electron chi connectivity index (χ2n) is 5.37. The highest BCUT2D eigenvalue weighted by molar-refractivity contribution is 6.48. The Bertz CT molecular complexity index is 1000. The first-order valence-electron chi connectivity index (χ1n) is 7.33. The zero-order chi connectivity index (χ0) is 17.1. The van der Waals surface area contributed by atoms with Crippen LogP contribution in [0.4, 0.5) is 0 Å². The molecule has 3 nitrogen and oxygen atoms in total. The molecule has 1 heterocycles. The summed E-state index contributed by atoms with van der Waals surface area (Å²) >= 11 is 12.2. The van der Waals surface area contributed by atoms with Crippen molar-refractivity contribution < 1.29 is 0 Å². The first-order valence-corrected chi connectivity index (χ1v) is 8.09. The summed E-state index contributed by atoms with van der Waals surface area (Å²) in [4.78, 5) is 19.3. The predicted octanol–water partition coefficient (Wildman–Crippen LogP) is 5.26. The Hall–Kier alpha value is -2.36. The topological polar surface area (TPSA) is 45.8 Å². The van der Waals surface area contributed by atoms with E-state index in [0.717, 1.165) is 11.1 Å². The van der Waals surface area contributed by atoms with E-state index >= 15 is 0 Å². The molecule has 2 aromatic carbocycles. The third-order valence-corrected chi connectivity index (χ3v) is 3.97. The van der Waals surface area contributed by atoms with Crippen LogP contribution in [0.15, 0.2) is 65.0 Å². The van der Waals surface area contributed by atoms with Crippen LogP contribution in [0.2, 0.25) is 5.02 Å². The van der Waals surface area contributed by atoms with Crippen molar-refractivity contribution in [1.29, 1.82) is 0 Å². The molecule has 0 spiro atoms. The van der Waals surface area contributed by atoms with Gasteiger partial charge >= 0.3 is 0 Å². The zero-order valence-electron chi connectivity index (χ0n) is 12.9. The minimum absolute atomic E-state index is 0.270. The largest absolute Gasteiger partial charge is 0.305 e. The number of hydrogen-bond donors (Lipinski definition) is 1. The third-order valence-electron chi connectivity index (χ3n) is 3.44. The average Bonchev–Trinajstić information content (AvgIpc) is 2.56. The normalized spacial score (nSPS) is 12.6. The lowest BCUT2D eigenvalue weighted by molar-refractivity contribution is 1.13. The molecule has 0 unspecified atom stereocenters. The van der Waals surface area contributed by atoms with Gasteiger partial charge in [-0.1, -0.05) is 59.6 Å². The lowest BCUT2D eigenvalue weighted by atomic mass is 10.1. The molecule has 0 fully saturated rings. The van der Waals surface area contributed by atoms with Crippen LogP contribution in [0.1, 0.15) is 18.3 Å². The van der Waals surface area contributed by atoms with Gasteiger partial charge < -0.3 is 4.98 Å². The van der Waals surface area contributed by atoms with Crippen LogP contribution in [0.3, 0.4) is 0 Å². The number of aromatic nitrogens is 2. The first kappa shape index (κ1) is 16.5. The maximum Gasteiger partial charge on any atom is 0.259 e. The van der Waals surface area contributed by atoms with Gasteiger partial charge in [0.2, 0.25) is 0 Å². The molecule has 0 saturated carbocycles. The number of allylic oxidation sites excluding steroid dienone is 2. The van der Waals surface area contributed by atoms with Gasteiger partial charge in [-0.15, -0.1) is 0 Å². The van der Waals surface area contributed by atoms with Gasteiger partial charge in [0.25, 0.3) is 5.56 Å². The Morgan fingerprint density at radius 3 is 2.67 bits per heavy atom. The highest BCUT2D eigenvalue weighted by Crippen LogP contribution is 2.20. The molecule has 0 aliphatic heterocycles. The molecule has 3 aromatic rings. The molecule has 0 aliphatic rings. The van der Waals surface area contributed by atoms with Crippen LogP contribution in [0.25, 0.3) is 22.0 Å². The number of H-pyrrole nitrogens is 1. The Morgan fingerprint density at radius 2 is 1.92 bits per heavy atom. The molecule has 5 heteroatoms. The highest BCUT2D eigenvalue weighted by atomic mass is 35.5. The van der Waals surface area contributed by atoms with Gasteiger partial charge in [-0.25, -0.2) is 4.98 Å². The van der Waals surface area contributed by atoms with Gasteiger partial charge in [-0.2, -0.15) is 0 Å². The van der Waals surface area contributed by atoms with Crippen molar-refractivity contribution in [3.8, 4) is 0 Å². The van der Waals surface area contributed by atoms with Crippen molar-refractivity contribution in [2.45, 2.75) is 6.92 Å². The molecule has 1 N–H and O–H groups in total. The summed E-state index contributed by atoms with van der Waals surface area (Å²) < 4.78 is 0. The van der Waals surface area contributed by atoms with Crippen LogP contribution in [-0.4, -0.2) is 9.97 Å². The standard InChI is InChI=1S/C19H14Cl2N2O/c1-12(9-13-5-3-2-4-6-13)10-16(21)18-22-17-8-7-14(20)11-15(17)19(24)23-18/h2-11H,1H3,(H,22,23,24)/b12-9+,16-10-. The SMILES string of the molecule is CC(/C=C(\Cl)c1nc2ccc(Cl)cc2c(=O)[nH]1)=C\c1ccccc1. The number of hydrogen-bond acceptors (Lipinski definition) is 2. The van der Waals surface area contributed by atoms with E-state index in [1.807, 2.05) is 43.3 Å². The molecule has 24 heavy (non-hydrogen) atoms. The monoisotopic (exact) mass is 356 g/mol. The molecule has 0 amide bonds. The van der Waals surface area contributed by atoms with E-state index in [-0.39, 0.29) is 5.56 Å². The van der Waals surface area contributed by atoms with Gasteiger partial charge in [0.1, 0.15) is 0 Å². The second kappa shape index (κ2) is 7.04. The predicted molar refractivity (Wildman–Crippen MR) is 101 cm³/mol. The molecule has 0 radical (unpaired) electrons. The van der Waals surface area contributed by atoms with Crippen molar-refractivity contribution in [3.05, 3.63) is 86.9 Å². The van der Waals surface area contributed by atoms with Crippen molar-refractivity contribution in [1.82, 2.24) is 9.97 Å². The maximum absolute atomic E-state index is 12.2. The van der Waals surface area contributed by atoms with Crippen molar-refractivity contribution >= 4 is 45.2 Å². The number of nitrogens with one attached hydrogen (secondary N) is 1. The van der Waals surface area contributed by atoms with E-state index in [1.54, 1.807) is 24.3 Å². The van der Waals surface area contributed by atoms with Gasteiger partial charge in [0.15, 0.2) is 5.82 Å². The van der Waals surface area contributed by atoms with Crippen molar-refractivity contribution in [3.63, 3.8) is 0 Å². The fourth-order valence-corrected chi connectivity index (χ4v) is 2.78. The summed E-state index contributed by atoms with van der Waals surface area (Å²) in [7, 11) is 0. The molecule has 0 aliphatic carbocycles. The molecular formula is C19H14Cl2N2O. The van der Waals surface area contributed by atoms with Gasteiger partial charge in [-0.3, -0.25) is 4.79 Å². The van der Waals surface area contributed by atoms with E-state index in [9.17, 15) is 4.79 Å². The van der Waals surface area contributed by atoms with Crippen LogP contribution < -0.4 is 5.56 Å². The van der Waals surface area contributed by atoms with Crippen LogP contribution in [0.5, 0.6) is 0 Å². The number of halogens is 2. The summed E-state index contributed by atoms with van der Waals surface area (Å²) in [5.74, 6) is 0.331. The number of aromatic amines is 1. The Morgan fingerprint density at radius 1 is 1.17 bits per heavy atom. The van der Waals surface area contributed by atoms with Gasteiger partial charge in [-0.05, 0) is 42.3 Å². The minimum Gasteiger partial charge on any atom is -0.305 e. The summed E-state index contributed by atoms with van der Waals surface area (Å²) in [6, 6.07) is 14.9. The molecule has 0 bridgehead atoms. The van der Waals surface area contributed by atoms with Crippen LogP contribution in [0, 0.1) is 0 Å². The zero-order valence-corrected chi connectivity index (χ0v) is 14.4. The number of fused-ring (bicyclic) bond motifs is 1. The van der Waals surface area contributed by atoms with E-state index in [4.69, 9.17) is 23.2 Å². The molecular weight excluding hydrogens is 343 g/mol. The number of nitrogens with zero attached hydrogens (tertiary/aromatic N) is 1. The fraction of sp³-hybridized carbons (Fsp3) is 0.0526. The van der Waals surface area contributed by atoms with E-state index in [0.29, 0.717) is 26.8 Å². The number of rotatable bonds is 3. The highest BCUT2D eigenvalue weighted by Gasteiger charge is 2.07. The Balaban J connectivity index is 1.99. The van der Waals surface area contributed by atoms with Gasteiger partial charge in [0, 0.05) is 5.02 Å². The summed E-state index contributed by atoms with van der Waals surface area (Å²) in [5.41, 5.74) is 2.30. The first-order chi connectivity index (χ1) is 11.5. The molecule has 1 aromatic heterocycles. The van der Waals surface area contributed by atoms with E-state index < -0.39 is 0 Å². The Labute approximate surface area is 149 Å². The fourth-order valence-electron chi connectivity index (χ4n) is 2.35. The van der Waals surface area contributed by atoms with Crippen molar-refractivity contribution in [2.75, 3.05) is 0 Å². The van der Waals surface area contributed by atoms with Crippen molar-refractivity contribution in [2.24, 2.45) is 0 Å². The van der Waals surface area contributed by atoms with Crippen LogP contribution >= 0.6 is 23.2 Å². The Kier molecular flexibility index (Phi) is 4.84. The molecule has 0 saturated heterocycles. The van der Waals surface area contributed by atoms with E-state index in [1.165, 1.54) is 0 Å². The lowest BCUT2D eigenvalue weighted by Gasteiger charge is -2.03. The van der Waals surface area contributed by atoms with Crippen LogP contribution in [-0.2, 0) is 0 Å². The molecule has 120 valence electrons. The quantitative estimate of drug-likeness (QED) is 0.650. The third kappa shape index (κ3) is 3.75. The van der Waals surface area contributed by atoms with Gasteiger partial charge in [0.05, 0.1) is 15.9 Å². The number of benzene rings is 2.